The van der Waals surface area contributed by atoms with Crippen LogP contribution >= 0.6 is 0 Å². The minimum atomic E-state index is -0.141. The summed E-state index contributed by atoms with van der Waals surface area (Å²) in [4.78, 5) is 10.7. The Morgan fingerprint density at radius 2 is 2.30 bits per heavy atom. The van der Waals surface area contributed by atoms with Crippen molar-refractivity contribution in [2.24, 2.45) is 11.7 Å². The molecular formula is C7H14N2O. The Balaban J connectivity index is 2.35. The van der Waals surface area contributed by atoms with E-state index in [4.69, 9.17) is 5.73 Å². The van der Waals surface area contributed by atoms with Gasteiger partial charge >= 0.3 is 0 Å². The lowest BCUT2D eigenvalue weighted by atomic mass is 10.1. The van der Waals surface area contributed by atoms with E-state index in [1.807, 2.05) is 7.05 Å². The molecule has 0 spiro atoms. The fraction of sp³-hybridized carbons (Fsp3) is 0.857. The first-order valence-electron chi connectivity index (χ1n) is 3.70. The smallest absolute Gasteiger partial charge is 0.220 e. The van der Waals surface area contributed by atoms with Crippen molar-refractivity contribution < 1.29 is 4.79 Å². The highest BCUT2D eigenvalue weighted by atomic mass is 16.1. The van der Waals surface area contributed by atoms with E-state index in [0.717, 1.165) is 19.3 Å². The predicted octanol–water partition coefficient (Wildman–Crippen LogP) is -0.140. The van der Waals surface area contributed by atoms with Crippen LogP contribution in [0.5, 0.6) is 0 Å². The molecule has 0 aromatic carbocycles. The highest BCUT2D eigenvalue weighted by Crippen LogP contribution is 2.24. The predicted molar refractivity (Wildman–Crippen MR) is 39.4 cm³/mol. The van der Waals surface area contributed by atoms with E-state index in [0.29, 0.717) is 6.04 Å². The van der Waals surface area contributed by atoms with Crippen molar-refractivity contribution in [1.29, 1.82) is 0 Å². The van der Waals surface area contributed by atoms with Crippen LogP contribution in [0.1, 0.15) is 19.3 Å². The van der Waals surface area contributed by atoms with Gasteiger partial charge in [0.05, 0.1) is 0 Å². The van der Waals surface area contributed by atoms with E-state index in [1.165, 1.54) is 0 Å². The van der Waals surface area contributed by atoms with E-state index in [9.17, 15) is 4.79 Å². The van der Waals surface area contributed by atoms with Crippen molar-refractivity contribution in [2.75, 3.05) is 7.05 Å². The summed E-state index contributed by atoms with van der Waals surface area (Å²) < 4.78 is 0. The van der Waals surface area contributed by atoms with Gasteiger partial charge in [-0.1, -0.05) is 0 Å². The average Bonchev–Trinajstić information content (AvgIpc) is 2.34. The van der Waals surface area contributed by atoms with E-state index in [1.54, 1.807) is 0 Å². The molecule has 1 saturated carbocycles. The van der Waals surface area contributed by atoms with Gasteiger partial charge in [0.1, 0.15) is 0 Å². The summed E-state index contributed by atoms with van der Waals surface area (Å²) in [7, 11) is 1.92. The van der Waals surface area contributed by atoms with Crippen LogP contribution in [0.3, 0.4) is 0 Å². The Morgan fingerprint density at radius 3 is 2.60 bits per heavy atom. The topological polar surface area (TPSA) is 55.1 Å². The molecule has 3 N–H and O–H groups in total. The summed E-state index contributed by atoms with van der Waals surface area (Å²) in [5.74, 6) is -0.0183. The fourth-order valence-electron chi connectivity index (χ4n) is 1.50. The van der Waals surface area contributed by atoms with Crippen LogP contribution in [0.4, 0.5) is 0 Å². The first-order chi connectivity index (χ1) is 4.74. The highest BCUT2D eigenvalue weighted by Gasteiger charge is 2.26. The monoisotopic (exact) mass is 142 g/mol. The van der Waals surface area contributed by atoms with Gasteiger partial charge < -0.3 is 11.1 Å². The maximum Gasteiger partial charge on any atom is 0.220 e. The number of hydrogen-bond acceptors (Lipinski definition) is 2. The van der Waals surface area contributed by atoms with Gasteiger partial charge in [0.25, 0.3) is 0 Å². The second kappa shape index (κ2) is 3.01. The molecule has 0 bridgehead atoms. The number of rotatable bonds is 2. The number of amides is 1. The lowest BCUT2D eigenvalue weighted by Crippen LogP contribution is -2.25. The van der Waals surface area contributed by atoms with Crippen LogP contribution < -0.4 is 11.1 Å². The Hall–Kier alpha value is -0.570. The normalized spacial score (nSPS) is 32.5. The summed E-state index contributed by atoms with van der Waals surface area (Å²) in [5, 5.41) is 3.14. The second-order valence-corrected chi connectivity index (χ2v) is 2.90. The largest absolute Gasteiger partial charge is 0.369 e. The van der Waals surface area contributed by atoms with Crippen LogP contribution in [0.25, 0.3) is 0 Å². The first-order valence-corrected chi connectivity index (χ1v) is 3.70. The van der Waals surface area contributed by atoms with Crippen LogP contribution in [0.15, 0.2) is 0 Å². The first kappa shape index (κ1) is 7.54. The van der Waals surface area contributed by atoms with Gasteiger partial charge in [-0.25, -0.2) is 0 Å². The maximum absolute atomic E-state index is 10.7. The third-order valence-corrected chi connectivity index (χ3v) is 2.24. The summed E-state index contributed by atoms with van der Waals surface area (Å²) in [6.45, 7) is 0. The zero-order valence-corrected chi connectivity index (χ0v) is 6.26. The summed E-state index contributed by atoms with van der Waals surface area (Å²) in [5.41, 5.74) is 5.15. The zero-order chi connectivity index (χ0) is 7.56. The van der Waals surface area contributed by atoms with Crippen molar-refractivity contribution in [3.63, 3.8) is 0 Å². The Labute approximate surface area is 61.0 Å². The average molecular weight is 142 g/mol. The van der Waals surface area contributed by atoms with Gasteiger partial charge in [-0.05, 0) is 26.3 Å². The molecule has 0 aromatic heterocycles. The molecule has 0 heterocycles. The molecule has 0 radical (unpaired) electrons. The molecule has 10 heavy (non-hydrogen) atoms. The van der Waals surface area contributed by atoms with Crippen molar-refractivity contribution in [1.82, 2.24) is 5.32 Å². The Kier molecular flexibility index (Phi) is 2.27. The third kappa shape index (κ3) is 1.48. The molecule has 0 aromatic rings. The number of carbonyl (C=O) groups is 1. The van der Waals surface area contributed by atoms with E-state index < -0.39 is 0 Å². The zero-order valence-electron chi connectivity index (χ0n) is 6.26. The second-order valence-electron chi connectivity index (χ2n) is 2.90. The Morgan fingerprint density at radius 1 is 1.60 bits per heavy atom. The molecule has 1 fully saturated rings. The molecule has 1 rings (SSSR count). The quantitative estimate of drug-likeness (QED) is 0.564. The van der Waals surface area contributed by atoms with Crippen LogP contribution in [-0.2, 0) is 4.79 Å². The van der Waals surface area contributed by atoms with Gasteiger partial charge in [0.15, 0.2) is 0 Å². The molecular weight excluding hydrogens is 128 g/mol. The van der Waals surface area contributed by atoms with Crippen LogP contribution in [-0.4, -0.2) is 19.0 Å². The highest BCUT2D eigenvalue weighted by molar-refractivity contribution is 5.76. The van der Waals surface area contributed by atoms with E-state index in [-0.39, 0.29) is 11.8 Å². The molecule has 3 heteroatoms. The lowest BCUT2D eigenvalue weighted by molar-refractivity contribution is -0.121. The molecule has 0 aliphatic heterocycles. The number of nitrogens with one attached hydrogen (secondary N) is 1. The van der Waals surface area contributed by atoms with Gasteiger partial charge in [0, 0.05) is 12.0 Å². The molecule has 0 unspecified atom stereocenters. The number of carbonyl (C=O) groups excluding carboxylic acids is 1. The van der Waals surface area contributed by atoms with Gasteiger partial charge in [-0.3, -0.25) is 4.79 Å². The third-order valence-electron chi connectivity index (χ3n) is 2.24. The molecule has 3 nitrogen and oxygen atoms in total. The van der Waals surface area contributed by atoms with Crippen LogP contribution in [0, 0.1) is 5.92 Å². The molecule has 1 aliphatic rings. The molecule has 2 atom stereocenters. The number of hydrogen-bond donors (Lipinski definition) is 2. The Bertz CT molecular complexity index is 136. The maximum atomic E-state index is 10.7. The van der Waals surface area contributed by atoms with Crippen LogP contribution in [0.2, 0.25) is 0 Å². The standard InChI is InChI=1S/C7H14N2O/c1-9-6-3-2-5(4-6)7(8)10/h5-6,9H,2-4H2,1H3,(H2,8,10)/t5-,6-/m0/s1. The minimum Gasteiger partial charge on any atom is -0.369 e. The number of primary amides is 1. The van der Waals surface area contributed by atoms with Crippen molar-refractivity contribution >= 4 is 5.91 Å². The summed E-state index contributed by atoms with van der Waals surface area (Å²) in [6.07, 6.45) is 2.97. The summed E-state index contributed by atoms with van der Waals surface area (Å²) in [6, 6.07) is 0.512. The van der Waals surface area contributed by atoms with Gasteiger partial charge in [0.2, 0.25) is 5.91 Å². The molecule has 58 valence electrons. The molecule has 0 saturated heterocycles. The van der Waals surface area contributed by atoms with E-state index >= 15 is 0 Å². The van der Waals surface area contributed by atoms with Crippen molar-refractivity contribution in [3.8, 4) is 0 Å². The number of nitrogens with two attached hydrogens (primary N) is 1. The molecule has 1 aliphatic carbocycles. The van der Waals surface area contributed by atoms with Crippen molar-refractivity contribution in [3.05, 3.63) is 0 Å². The fourth-order valence-corrected chi connectivity index (χ4v) is 1.50. The minimum absolute atomic E-state index is 0.123. The molecule has 1 amide bonds. The van der Waals surface area contributed by atoms with E-state index in [2.05, 4.69) is 5.32 Å². The SMILES string of the molecule is CN[C@H]1CC[C@H](C(N)=O)C1. The summed E-state index contributed by atoms with van der Waals surface area (Å²) >= 11 is 0. The lowest BCUT2D eigenvalue weighted by Gasteiger charge is -2.06. The van der Waals surface area contributed by atoms with Gasteiger partial charge in [-0.2, -0.15) is 0 Å². The van der Waals surface area contributed by atoms with Gasteiger partial charge in [-0.15, -0.1) is 0 Å². The van der Waals surface area contributed by atoms with Crippen molar-refractivity contribution in [2.45, 2.75) is 25.3 Å².